The van der Waals surface area contributed by atoms with Gasteiger partial charge in [-0.3, -0.25) is 24.4 Å². The van der Waals surface area contributed by atoms with Crippen LogP contribution in [0.2, 0.25) is 0 Å². The second-order valence-corrected chi connectivity index (χ2v) is 3.64. The van der Waals surface area contributed by atoms with Gasteiger partial charge >= 0.3 is 5.97 Å². The molecule has 0 aromatic carbocycles. The fraction of sp³-hybridized carbons (Fsp3) is 0.182. The van der Waals surface area contributed by atoms with Crippen LogP contribution in [0.1, 0.15) is 5.56 Å². The highest BCUT2D eigenvalue weighted by Gasteiger charge is 2.16. The Labute approximate surface area is 96.5 Å². The first kappa shape index (κ1) is 11.1. The lowest BCUT2D eigenvalue weighted by molar-refractivity contribution is -0.136. The summed E-state index contributed by atoms with van der Waals surface area (Å²) in [6.45, 7) is 0. The fourth-order valence-corrected chi connectivity index (χ4v) is 1.67. The monoisotopic (exact) mass is 233 g/mol. The summed E-state index contributed by atoms with van der Waals surface area (Å²) in [5.41, 5.74) is 1.21. The Morgan fingerprint density at radius 2 is 2.12 bits per heavy atom. The molecule has 0 fully saturated rings. The number of carbonyl (C=O) groups is 1. The number of carboxylic acid groups (broad SMARTS) is 1. The maximum absolute atomic E-state index is 11.8. The Balaban J connectivity index is 2.58. The second-order valence-electron chi connectivity index (χ2n) is 3.64. The predicted molar refractivity (Wildman–Crippen MR) is 60.6 cm³/mol. The molecular weight excluding hydrogens is 222 g/mol. The summed E-state index contributed by atoms with van der Waals surface area (Å²) >= 11 is 0. The van der Waals surface area contributed by atoms with Crippen molar-refractivity contribution in [3.05, 3.63) is 40.4 Å². The highest BCUT2D eigenvalue weighted by Crippen LogP contribution is 2.18. The highest BCUT2D eigenvalue weighted by atomic mass is 16.4. The molecule has 6 heteroatoms. The molecule has 0 radical (unpaired) electrons. The number of hydrogen-bond acceptors (Lipinski definition) is 3. The normalized spacial score (nSPS) is 10.4. The van der Waals surface area contributed by atoms with Gasteiger partial charge in [-0.25, -0.2) is 0 Å². The highest BCUT2D eigenvalue weighted by molar-refractivity contribution is 5.74. The van der Waals surface area contributed by atoms with Crippen molar-refractivity contribution in [1.82, 2.24) is 14.8 Å². The molecule has 0 saturated heterocycles. The van der Waals surface area contributed by atoms with Crippen molar-refractivity contribution in [3.63, 3.8) is 0 Å². The molecule has 6 nitrogen and oxygen atoms in total. The zero-order chi connectivity index (χ0) is 12.4. The summed E-state index contributed by atoms with van der Waals surface area (Å²) in [4.78, 5) is 26.4. The van der Waals surface area contributed by atoms with Gasteiger partial charge in [0.15, 0.2) is 0 Å². The van der Waals surface area contributed by atoms with Crippen LogP contribution in [0.5, 0.6) is 0 Å². The van der Waals surface area contributed by atoms with E-state index in [1.165, 1.54) is 4.68 Å². The maximum atomic E-state index is 11.8. The summed E-state index contributed by atoms with van der Waals surface area (Å²) in [6.07, 6.45) is 2.88. The van der Waals surface area contributed by atoms with Crippen molar-refractivity contribution >= 4 is 5.97 Å². The Morgan fingerprint density at radius 1 is 1.47 bits per heavy atom. The van der Waals surface area contributed by atoms with Gasteiger partial charge in [0, 0.05) is 25.0 Å². The number of aromatic nitrogens is 3. The largest absolute Gasteiger partial charge is 0.481 e. The first-order valence-corrected chi connectivity index (χ1v) is 4.99. The van der Waals surface area contributed by atoms with Crippen LogP contribution in [0.4, 0.5) is 0 Å². The quantitative estimate of drug-likeness (QED) is 0.803. The minimum absolute atomic E-state index is 0.256. The number of carboxylic acids is 1. The number of aryl methyl sites for hydroxylation is 1. The van der Waals surface area contributed by atoms with Gasteiger partial charge in [-0.1, -0.05) is 0 Å². The molecule has 0 atom stereocenters. The van der Waals surface area contributed by atoms with Crippen LogP contribution < -0.4 is 5.56 Å². The summed E-state index contributed by atoms with van der Waals surface area (Å²) in [7, 11) is 1.55. The van der Waals surface area contributed by atoms with E-state index in [-0.39, 0.29) is 17.5 Å². The van der Waals surface area contributed by atoms with E-state index in [2.05, 4.69) is 10.1 Å². The zero-order valence-corrected chi connectivity index (χ0v) is 9.17. The third-order valence-corrected chi connectivity index (χ3v) is 2.44. The maximum Gasteiger partial charge on any atom is 0.308 e. The van der Waals surface area contributed by atoms with Crippen molar-refractivity contribution in [2.45, 2.75) is 6.42 Å². The van der Waals surface area contributed by atoms with E-state index in [4.69, 9.17) is 5.11 Å². The van der Waals surface area contributed by atoms with Crippen LogP contribution >= 0.6 is 0 Å². The van der Waals surface area contributed by atoms with E-state index >= 15 is 0 Å². The molecule has 2 aromatic heterocycles. The van der Waals surface area contributed by atoms with Gasteiger partial charge in [0.05, 0.1) is 17.7 Å². The molecule has 0 unspecified atom stereocenters. The molecule has 2 N–H and O–H groups in total. The van der Waals surface area contributed by atoms with Gasteiger partial charge in [-0.15, -0.1) is 0 Å². The molecule has 88 valence electrons. The average molecular weight is 233 g/mol. The summed E-state index contributed by atoms with van der Waals surface area (Å²) in [5, 5.41) is 11.6. The van der Waals surface area contributed by atoms with Crippen LogP contribution in [-0.2, 0) is 18.3 Å². The van der Waals surface area contributed by atoms with E-state index in [9.17, 15) is 9.59 Å². The minimum Gasteiger partial charge on any atom is -0.481 e. The van der Waals surface area contributed by atoms with Gasteiger partial charge in [-0.05, 0) is 12.1 Å². The van der Waals surface area contributed by atoms with Crippen molar-refractivity contribution in [2.24, 2.45) is 7.05 Å². The van der Waals surface area contributed by atoms with E-state index in [0.29, 0.717) is 5.69 Å². The van der Waals surface area contributed by atoms with Crippen LogP contribution in [-0.4, -0.2) is 25.8 Å². The van der Waals surface area contributed by atoms with Gasteiger partial charge in [0.25, 0.3) is 5.56 Å². The number of H-pyrrole nitrogens is 1. The lowest BCUT2D eigenvalue weighted by Gasteiger charge is -1.99. The molecule has 2 rings (SSSR count). The Kier molecular flexibility index (Phi) is 2.78. The molecular formula is C11H11N3O3. The number of nitrogens with one attached hydrogen (secondary N) is 1. The number of nitrogens with zero attached hydrogens (tertiary/aromatic N) is 2. The molecule has 17 heavy (non-hydrogen) atoms. The zero-order valence-electron chi connectivity index (χ0n) is 9.17. The van der Waals surface area contributed by atoms with Gasteiger partial charge in [0.1, 0.15) is 0 Å². The smallest absolute Gasteiger partial charge is 0.308 e. The molecule has 0 amide bonds. The third-order valence-electron chi connectivity index (χ3n) is 2.44. The Hall–Kier alpha value is -2.37. The molecule has 0 spiro atoms. The molecule has 0 saturated carbocycles. The van der Waals surface area contributed by atoms with Crippen LogP contribution in [0.25, 0.3) is 11.3 Å². The second kappa shape index (κ2) is 4.25. The summed E-state index contributed by atoms with van der Waals surface area (Å²) in [6, 6.07) is 3.44. The molecule has 0 aliphatic rings. The van der Waals surface area contributed by atoms with E-state index < -0.39 is 5.97 Å². The van der Waals surface area contributed by atoms with Crippen molar-refractivity contribution in [3.8, 4) is 11.3 Å². The summed E-state index contributed by atoms with van der Waals surface area (Å²) in [5.74, 6) is -1.03. The Morgan fingerprint density at radius 3 is 2.71 bits per heavy atom. The lowest BCUT2D eigenvalue weighted by atomic mass is 10.1. The molecule has 2 heterocycles. The van der Waals surface area contributed by atoms with Gasteiger partial charge < -0.3 is 5.11 Å². The minimum atomic E-state index is -1.03. The number of hydrogen-bond donors (Lipinski definition) is 2. The van der Waals surface area contributed by atoms with Gasteiger partial charge in [-0.2, -0.15) is 0 Å². The van der Waals surface area contributed by atoms with Crippen LogP contribution in [0.3, 0.4) is 0 Å². The molecule has 0 aliphatic carbocycles. The number of pyridine rings is 1. The van der Waals surface area contributed by atoms with Gasteiger partial charge in [0.2, 0.25) is 0 Å². The van der Waals surface area contributed by atoms with E-state index in [1.54, 1.807) is 31.6 Å². The molecule has 2 aromatic rings. The SMILES string of the molecule is Cn1[nH]c(-c2ccncc2)c(CC(=O)O)c1=O. The third kappa shape index (κ3) is 2.10. The predicted octanol–water partition coefficient (Wildman–Crippen LogP) is 0.402. The number of aromatic amines is 1. The summed E-state index contributed by atoms with van der Waals surface area (Å²) < 4.78 is 1.27. The number of rotatable bonds is 3. The van der Waals surface area contributed by atoms with Crippen molar-refractivity contribution in [1.29, 1.82) is 0 Å². The lowest BCUT2D eigenvalue weighted by Crippen LogP contribution is -2.17. The standard InChI is InChI=1S/C11H11N3O3/c1-14-11(17)8(6-9(15)16)10(13-14)7-2-4-12-5-3-7/h2-5,13H,6H2,1H3,(H,15,16). The molecule has 0 aliphatic heterocycles. The average Bonchev–Trinajstić information content (AvgIpc) is 2.58. The first-order chi connectivity index (χ1) is 8.09. The fourth-order valence-electron chi connectivity index (χ4n) is 1.67. The topological polar surface area (TPSA) is 88.0 Å². The Bertz CT molecular complexity index is 598. The van der Waals surface area contributed by atoms with Crippen molar-refractivity contribution < 1.29 is 9.90 Å². The first-order valence-electron chi connectivity index (χ1n) is 4.99. The van der Waals surface area contributed by atoms with Crippen LogP contribution in [0.15, 0.2) is 29.3 Å². The van der Waals surface area contributed by atoms with E-state index in [1.807, 2.05) is 0 Å². The van der Waals surface area contributed by atoms with E-state index in [0.717, 1.165) is 5.56 Å². The van der Waals surface area contributed by atoms with Crippen molar-refractivity contribution in [2.75, 3.05) is 0 Å². The molecule has 0 bridgehead atoms. The van der Waals surface area contributed by atoms with Crippen LogP contribution in [0, 0.1) is 0 Å². The number of aliphatic carboxylic acids is 1.